The number of alkyl halides is 10. The summed E-state index contributed by atoms with van der Waals surface area (Å²) in [6.07, 6.45) is -11.4. The first-order chi connectivity index (χ1) is 15.8. The van der Waals surface area contributed by atoms with Crippen LogP contribution >= 0.6 is 11.8 Å². The van der Waals surface area contributed by atoms with Crippen molar-refractivity contribution in [3.8, 4) is 0 Å². The van der Waals surface area contributed by atoms with Crippen molar-refractivity contribution in [1.82, 2.24) is 0 Å². The van der Waals surface area contributed by atoms with Gasteiger partial charge in [-0.25, -0.2) is 0 Å². The minimum atomic E-state index is -6.53. The lowest BCUT2D eigenvalue weighted by atomic mass is 10.1. The van der Waals surface area contributed by atoms with Gasteiger partial charge in [0.2, 0.25) is 5.91 Å². The maximum absolute atomic E-state index is 13.6. The zero-order chi connectivity index (χ0) is 26.8. The van der Waals surface area contributed by atoms with Crippen LogP contribution in [-0.4, -0.2) is 34.7 Å². The van der Waals surface area contributed by atoms with Crippen LogP contribution in [-0.2, 0) is 11.0 Å². The predicted molar refractivity (Wildman–Crippen MR) is 103 cm³/mol. The Morgan fingerprint density at radius 2 is 1.57 bits per heavy atom. The average molecular weight is 539 g/mol. The Morgan fingerprint density at radius 1 is 0.943 bits per heavy atom. The number of thioether (sulfide) groups is 1. The van der Waals surface area contributed by atoms with Crippen LogP contribution in [0, 0.1) is 10.1 Å². The molecule has 0 heterocycles. The van der Waals surface area contributed by atoms with Gasteiger partial charge in [-0.15, -0.1) is 0 Å². The molecule has 0 spiro atoms. The Bertz CT molecular complexity index is 1110. The minimum absolute atomic E-state index is 0.234. The highest BCUT2D eigenvalue weighted by molar-refractivity contribution is 8.00. The van der Waals surface area contributed by atoms with Crippen molar-refractivity contribution >= 4 is 34.7 Å². The number of hydrogen-bond acceptors (Lipinski definition) is 5. The van der Waals surface area contributed by atoms with Gasteiger partial charge in [-0.3, -0.25) is 14.9 Å². The monoisotopic (exact) mass is 539 g/mol. The number of nitro benzene ring substituents is 1. The lowest BCUT2D eigenvalue weighted by Gasteiger charge is -2.27. The van der Waals surface area contributed by atoms with E-state index in [9.17, 15) is 58.8 Å². The third kappa shape index (κ3) is 6.67. The third-order valence-corrected chi connectivity index (χ3v) is 5.05. The molecule has 0 aromatic heterocycles. The lowest BCUT2D eigenvalue weighted by molar-refractivity contribution is -0.384. The van der Waals surface area contributed by atoms with Gasteiger partial charge in [0.1, 0.15) is 5.69 Å². The highest BCUT2D eigenvalue weighted by Crippen LogP contribution is 2.54. The molecule has 0 saturated heterocycles. The Morgan fingerprint density at radius 3 is 2.11 bits per heavy atom. The topological polar surface area (TPSA) is 84.3 Å². The molecule has 0 radical (unpaired) electrons. The highest BCUT2D eigenvalue weighted by Gasteiger charge is 2.73. The van der Waals surface area contributed by atoms with Crippen LogP contribution in [0.25, 0.3) is 0 Å². The number of nitrogens with zero attached hydrogens (tertiary/aromatic N) is 1. The van der Waals surface area contributed by atoms with Crippen LogP contribution in [0.3, 0.4) is 0 Å². The Kier molecular flexibility index (Phi) is 7.83. The van der Waals surface area contributed by atoms with Crippen molar-refractivity contribution in [2.45, 2.75) is 28.4 Å². The van der Waals surface area contributed by atoms with Crippen molar-refractivity contribution in [2.75, 3.05) is 17.2 Å². The summed E-state index contributed by atoms with van der Waals surface area (Å²) in [5.74, 6) is -7.36. The zero-order valence-corrected chi connectivity index (χ0v) is 17.4. The molecule has 2 rings (SSSR count). The van der Waals surface area contributed by atoms with Gasteiger partial charge < -0.3 is 10.6 Å². The Hall–Kier alpha value is -3.24. The van der Waals surface area contributed by atoms with E-state index in [4.69, 9.17) is 0 Å². The Balaban J connectivity index is 2.11. The van der Waals surface area contributed by atoms with Crippen molar-refractivity contribution in [1.29, 1.82) is 0 Å². The minimum Gasteiger partial charge on any atom is -0.371 e. The number of carbonyl (C=O) groups is 1. The number of carbonyl (C=O) groups excluding carboxylic acids is 1. The summed E-state index contributed by atoms with van der Waals surface area (Å²) in [7, 11) is 0. The molecule has 0 fully saturated rings. The van der Waals surface area contributed by atoms with Gasteiger partial charge in [0.25, 0.3) is 5.69 Å². The summed E-state index contributed by atoms with van der Waals surface area (Å²) < 4.78 is 128. The first-order valence-electron chi connectivity index (χ1n) is 8.86. The van der Waals surface area contributed by atoms with Crippen molar-refractivity contribution < 1.29 is 53.6 Å². The van der Waals surface area contributed by atoms with Gasteiger partial charge in [-0.2, -0.15) is 43.9 Å². The highest BCUT2D eigenvalue weighted by atomic mass is 32.2. The molecular weight excluding hydrogens is 528 g/mol. The summed E-state index contributed by atoms with van der Waals surface area (Å²) in [4.78, 5) is 21.2. The molecule has 0 aliphatic rings. The van der Waals surface area contributed by atoms with Gasteiger partial charge in [-0.05, 0) is 42.1 Å². The molecule has 2 N–H and O–H groups in total. The first-order valence-corrected chi connectivity index (χ1v) is 9.67. The summed E-state index contributed by atoms with van der Waals surface area (Å²) in [6, 6.07) is 4.95. The molecule has 17 heteroatoms. The van der Waals surface area contributed by atoms with E-state index < -0.39 is 74.5 Å². The van der Waals surface area contributed by atoms with Crippen molar-refractivity contribution in [3.63, 3.8) is 0 Å². The van der Waals surface area contributed by atoms with E-state index in [1.54, 1.807) is 0 Å². The van der Waals surface area contributed by atoms with Gasteiger partial charge in [0.15, 0.2) is 0 Å². The third-order valence-electron chi connectivity index (χ3n) is 4.05. The van der Waals surface area contributed by atoms with Crippen molar-refractivity contribution in [2.24, 2.45) is 0 Å². The fourth-order valence-corrected chi connectivity index (χ4v) is 3.28. The molecule has 1 amide bonds. The molecular formula is C18H11F10N3O3S. The maximum Gasteiger partial charge on any atom is 0.460 e. The number of anilines is 2. The van der Waals surface area contributed by atoms with Crippen LogP contribution in [0.2, 0.25) is 0 Å². The van der Waals surface area contributed by atoms with E-state index >= 15 is 0 Å². The standard InChI is InChI=1S/C18H11F10N3O3S/c19-15(20,21)9-4-5-12(13(6-9)31(33)34)29-8-14(32)30-10-2-1-3-11(7-10)35-18(27,28)16(22,23)17(24,25)26/h1-7,29H,8H2,(H,30,32). The molecule has 0 unspecified atom stereocenters. The first kappa shape index (κ1) is 28.0. The fourth-order valence-electron chi connectivity index (χ4n) is 2.40. The molecule has 2 aromatic rings. The second-order valence-corrected chi connectivity index (χ2v) is 7.80. The number of nitro groups is 1. The fraction of sp³-hybridized carbons (Fsp3) is 0.278. The molecule has 35 heavy (non-hydrogen) atoms. The largest absolute Gasteiger partial charge is 0.460 e. The smallest absolute Gasteiger partial charge is 0.371 e. The number of nitrogens with one attached hydrogen (secondary N) is 2. The lowest BCUT2D eigenvalue weighted by Crippen LogP contribution is -2.49. The predicted octanol–water partition coefficient (Wildman–Crippen LogP) is 6.55. The van der Waals surface area contributed by atoms with E-state index in [0.717, 1.165) is 18.2 Å². The molecule has 2 aromatic carbocycles. The molecule has 0 atom stereocenters. The zero-order valence-electron chi connectivity index (χ0n) is 16.6. The van der Waals surface area contributed by atoms with Gasteiger partial charge >= 0.3 is 23.5 Å². The van der Waals surface area contributed by atoms with E-state index in [-0.39, 0.29) is 11.8 Å². The van der Waals surface area contributed by atoms with Crippen LogP contribution in [0.4, 0.5) is 61.0 Å². The maximum atomic E-state index is 13.6. The second-order valence-electron chi connectivity index (χ2n) is 6.61. The quantitative estimate of drug-likeness (QED) is 0.172. The number of halogens is 10. The van der Waals surface area contributed by atoms with E-state index in [1.165, 1.54) is 0 Å². The van der Waals surface area contributed by atoms with Gasteiger partial charge in [0, 0.05) is 16.6 Å². The molecule has 0 bridgehead atoms. The van der Waals surface area contributed by atoms with E-state index in [0.29, 0.717) is 18.2 Å². The van der Waals surface area contributed by atoms with E-state index in [2.05, 4.69) is 10.6 Å². The van der Waals surface area contributed by atoms with E-state index in [1.807, 2.05) is 0 Å². The van der Waals surface area contributed by atoms with Crippen LogP contribution in [0.1, 0.15) is 5.56 Å². The number of benzene rings is 2. The molecule has 0 aliphatic heterocycles. The van der Waals surface area contributed by atoms with Crippen LogP contribution in [0.15, 0.2) is 47.4 Å². The molecule has 0 aliphatic carbocycles. The average Bonchev–Trinajstić information content (AvgIpc) is 2.70. The van der Waals surface area contributed by atoms with Crippen LogP contribution < -0.4 is 10.6 Å². The number of rotatable bonds is 8. The molecule has 0 saturated carbocycles. The summed E-state index contributed by atoms with van der Waals surface area (Å²) >= 11 is -1.10. The summed E-state index contributed by atoms with van der Waals surface area (Å²) in [6.45, 7) is -0.772. The number of amides is 1. The summed E-state index contributed by atoms with van der Waals surface area (Å²) in [5, 5.41) is 9.73. The van der Waals surface area contributed by atoms with Gasteiger partial charge in [0.05, 0.1) is 17.0 Å². The summed E-state index contributed by atoms with van der Waals surface area (Å²) in [5.41, 5.74) is -3.09. The Labute approximate surface area is 192 Å². The molecule has 192 valence electrons. The second kappa shape index (κ2) is 9.79. The SMILES string of the molecule is O=C(CNc1ccc(C(F)(F)F)cc1[N+](=O)[O-])Nc1cccc(SC(F)(F)C(F)(F)C(F)(F)F)c1. The molecule has 6 nitrogen and oxygen atoms in total. The van der Waals surface area contributed by atoms with Crippen LogP contribution in [0.5, 0.6) is 0 Å². The van der Waals surface area contributed by atoms with Crippen molar-refractivity contribution in [3.05, 3.63) is 58.1 Å². The normalized spacial score (nSPS) is 12.9. The van der Waals surface area contributed by atoms with Gasteiger partial charge in [-0.1, -0.05) is 6.07 Å². The number of hydrogen-bond donors (Lipinski definition) is 2.